The molecule has 2 aliphatic heterocycles. The Bertz CT molecular complexity index is 1040. The van der Waals surface area contributed by atoms with Crippen LogP contribution < -0.4 is 20.7 Å². The average molecular weight is 521 g/mol. The molecule has 170 valence electrons. The van der Waals surface area contributed by atoms with Crippen LogP contribution in [0, 0.1) is 6.92 Å². The van der Waals surface area contributed by atoms with E-state index >= 15 is 0 Å². The topological polar surface area (TPSA) is 105 Å². The molecule has 10 heteroatoms. The fourth-order valence-electron chi connectivity index (χ4n) is 4.25. The first-order chi connectivity index (χ1) is 15.4. The average Bonchev–Trinajstić information content (AvgIpc) is 3.47. The van der Waals surface area contributed by atoms with Crippen LogP contribution in [0.15, 0.2) is 34.1 Å². The number of rotatable bonds is 5. The van der Waals surface area contributed by atoms with E-state index in [9.17, 15) is 14.4 Å². The van der Waals surface area contributed by atoms with E-state index in [4.69, 9.17) is 10.5 Å². The molecule has 2 fully saturated rings. The third-order valence-corrected chi connectivity index (χ3v) is 7.35. The van der Waals surface area contributed by atoms with Crippen LogP contribution in [0.25, 0.3) is 0 Å². The molecule has 0 radical (unpaired) electrons. The summed E-state index contributed by atoms with van der Waals surface area (Å²) in [7, 11) is 0. The van der Waals surface area contributed by atoms with Crippen LogP contribution in [0.3, 0.4) is 0 Å². The summed E-state index contributed by atoms with van der Waals surface area (Å²) in [4.78, 5) is 41.2. The fraction of sp³-hybridized carbons (Fsp3) is 0.409. The molecule has 2 saturated heterocycles. The molecule has 0 bridgehead atoms. The lowest BCUT2D eigenvalue weighted by Crippen LogP contribution is -2.40. The number of anilines is 1. The number of nitrogens with zero attached hydrogens (tertiary/aromatic N) is 2. The lowest BCUT2D eigenvalue weighted by atomic mass is 10.1. The van der Waals surface area contributed by atoms with E-state index in [1.54, 1.807) is 29.2 Å². The Labute approximate surface area is 198 Å². The number of likely N-dealkylation sites (tertiary alicyclic amines) is 1. The van der Waals surface area contributed by atoms with E-state index in [2.05, 4.69) is 21.2 Å². The van der Waals surface area contributed by atoms with Crippen molar-refractivity contribution in [2.75, 3.05) is 24.5 Å². The van der Waals surface area contributed by atoms with Crippen LogP contribution in [0.1, 0.15) is 35.2 Å². The minimum atomic E-state index is -0.587. The Morgan fingerprint density at radius 3 is 2.81 bits per heavy atom. The summed E-state index contributed by atoms with van der Waals surface area (Å²) < 4.78 is 6.12. The minimum Gasteiger partial charge on any atom is -0.399 e. The van der Waals surface area contributed by atoms with Crippen LogP contribution in [0.2, 0.25) is 0 Å². The zero-order valence-electron chi connectivity index (χ0n) is 17.7. The van der Waals surface area contributed by atoms with Gasteiger partial charge in [-0.3, -0.25) is 9.59 Å². The summed E-state index contributed by atoms with van der Waals surface area (Å²) in [6.45, 7) is 3.40. The third-order valence-electron chi connectivity index (χ3n) is 5.85. The predicted molar refractivity (Wildman–Crippen MR) is 126 cm³/mol. The number of nitrogens with one attached hydrogen (secondary N) is 1. The van der Waals surface area contributed by atoms with Gasteiger partial charge in [-0.25, -0.2) is 4.79 Å². The van der Waals surface area contributed by atoms with Crippen LogP contribution >= 0.6 is 27.3 Å². The van der Waals surface area contributed by atoms with E-state index in [0.29, 0.717) is 29.4 Å². The number of amides is 3. The number of aryl methyl sites for hydroxylation is 1. The summed E-state index contributed by atoms with van der Waals surface area (Å²) in [6.07, 6.45) is 1.50. The van der Waals surface area contributed by atoms with Crippen molar-refractivity contribution in [3.8, 4) is 5.06 Å². The molecule has 0 spiro atoms. The summed E-state index contributed by atoms with van der Waals surface area (Å²) >= 11 is 4.63. The highest BCUT2D eigenvalue weighted by atomic mass is 79.9. The molecule has 3 amide bonds. The molecule has 2 aliphatic rings. The first-order valence-corrected chi connectivity index (χ1v) is 12.1. The van der Waals surface area contributed by atoms with Crippen LogP contribution in [0.4, 0.5) is 10.5 Å². The predicted octanol–water partition coefficient (Wildman–Crippen LogP) is 3.28. The molecular formula is C22H25BrN4O4S. The molecule has 1 aromatic heterocycles. The summed E-state index contributed by atoms with van der Waals surface area (Å²) in [5.74, 6) is -0.104. The Morgan fingerprint density at radius 1 is 1.31 bits per heavy atom. The highest BCUT2D eigenvalue weighted by Crippen LogP contribution is 2.29. The van der Waals surface area contributed by atoms with Crippen molar-refractivity contribution >= 4 is 50.9 Å². The highest BCUT2D eigenvalue weighted by Gasteiger charge is 2.33. The van der Waals surface area contributed by atoms with E-state index in [0.717, 1.165) is 28.7 Å². The third kappa shape index (κ3) is 4.82. The molecule has 1 aromatic carbocycles. The second-order valence-corrected chi connectivity index (χ2v) is 10.5. The molecular weight excluding hydrogens is 496 g/mol. The lowest BCUT2D eigenvalue weighted by Gasteiger charge is -2.25. The van der Waals surface area contributed by atoms with Gasteiger partial charge in [-0.15, -0.1) is 0 Å². The van der Waals surface area contributed by atoms with Gasteiger partial charge in [0.1, 0.15) is 0 Å². The standard InChI is InChI=1S/C22H25BrN4O4S/c1-13-9-15(4-5-17(13)21(29)26-8-2-3-16(26)11-24)27-12-14(10-19(27)28)25-22(30)31-20-7-6-18(23)32-20/h4-7,9,14,16H,2-3,8,10-12,24H2,1H3,(H,25,30)/t14?,16-/m1/s1. The zero-order chi connectivity index (χ0) is 22.8. The van der Waals surface area contributed by atoms with Crippen molar-refractivity contribution in [1.29, 1.82) is 0 Å². The number of halogens is 1. The Morgan fingerprint density at radius 2 is 2.12 bits per heavy atom. The number of hydrogen-bond donors (Lipinski definition) is 2. The Balaban J connectivity index is 1.40. The molecule has 32 heavy (non-hydrogen) atoms. The maximum Gasteiger partial charge on any atom is 0.413 e. The van der Waals surface area contributed by atoms with Crippen molar-refractivity contribution in [2.45, 2.75) is 38.3 Å². The lowest BCUT2D eigenvalue weighted by molar-refractivity contribution is -0.117. The first kappa shape index (κ1) is 22.8. The minimum absolute atomic E-state index is 0.0164. The Hall–Kier alpha value is -2.43. The molecule has 0 aliphatic carbocycles. The number of carbonyl (C=O) groups excluding carboxylic acids is 3. The van der Waals surface area contributed by atoms with E-state index in [-0.39, 0.29) is 30.3 Å². The fourth-order valence-corrected chi connectivity index (χ4v) is 5.44. The van der Waals surface area contributed by atoms with E-state index in [1.165, 1.54) is 11.3 Å². The van der Waals surface area contributed by atoms with Gasteiger partial charge in [0.25, 0.3) is 5.91 Å². The maximum absolute atomic E-state index is 13.0. The highest BCUT2D eigenvalue weighted by molar-refractivity contribution is 9.11. The van der Waals surface area contributed by atoms with Crippen LogP contribution in [-0.4, -0.2) is 54.5 Å². The van der Waals surface area contributed by atoms with Gasteiger partial charge in [-0.1, -0.05) is 11.3 Å². The normalized spacial score (nSPS) is 20.7. The van der Waals surface area contributed by atoms with Crippen LogP contribution in [-0.2, 0) is 4.79 Å². The van der Waals surface area contributed by atoms with Gasteiger partial charge in [0.2, 0.25) is 5.91 Å². The first-order valence-electron chi connectivity index (χ1n) is 10.5. The van der Waals surface area contributed by atoms with Crippen molar-refractivity contribution < 1.29 is 19.1 Å². The molecule has 2 aromatic rings. The van der Waals surface area contributed by atoms with Crippen molar-refractivity contribution in [1.82, 2.24) is 10.2 Å². The molecule has 8 nitrogen and oxygen atoms in total. The van der Waals surface area contributed by atoms with Gasteiger partial charge in [0, 0.05) is 43.3 Å². The monoisotopic (exact) mass is 520 g/mol. The molecule has 1 unspecified atom stereocenters. The maximum atomic E-state index is 13.0. The molecule has 0 saturated carbocycles. The van der Waals surface area contributed by atoms with Gasteiger partial charge >= 0.3 is 6.09 Å². The van der Waals surface area contributed by atoms with Gasteiger partial charge in [0.15, 0.2) is 5.06 Å². The molecule has 3 heterocycles. The summed E-state index contributed by atoms with van der Waals surface area (Å²) in [5.41, 5.74) is 7.96. The number of thiophene rings is 1. The molecule has 2 atom stereocenters. The molecule has 4 rings (SSSR count). The quantitative estimate of drug-likeness (QED) is 0.629. The smallest absolute Gasteiger partial charge is 0.399 e. The van der Waals surface area contributed by atoms with Crippen molar-refractivity contribution in [3.05, 3.63) is 45.2 Å². The number of carbonyl (C=O) groups is 3. The van der Waals surface area contributed by atoms with Gasteiger partial charge in [0.05, 0.1) is 9.83 Å². The SMILES string of the molecule is Cc1cc(N2CC(NC(=O)Oc3ccc(Br)s3)CC2=O)ccc1C(=O)N1CCC[C@@H]1CN. The van der Waals surface area contributed by atoms with Crippen LogP contribution in [0.5, 0.6) is 5.06 Å². The molecule has 3 N–H and O–H groups in total. The number of benzene rings is 1. The van der Waals surface area contributed by atoms with Gasteiger partial charge in [-0.2, -0.15) is 0 Å². The second-order valence-electron chi connectivity index (χ2n) is 8.03. The van der Waals surface area contributed by atoms with Crippen molar-refractivity contribution in [3.63, 3.8) is 0 Å². The number of hydrogen-bond acceptors (Lipinski definition) is 6. The number of nitrogens with two attached hydrogens (primary N) is 1. The zero-order valence-corrected chi connectivity index (χ0v) is 20.1. The largest absolute Gasteiger partial charge is 0.413 e. The second kappa shape index (κ2) is 9.60. The van der Waals surface area contributed by atoms with E-state index in [1.807, 2.05) is 17.9 Å². The van der Waals surface area contributed by atoms with Gasteiger partial charge < -0.3 is 25.6 Å². The number of ether oxygens (including phenoxy) is 1. The Kier molecular flexibility index (Phi) is 6.82. The summed E-state index contributed by atoms with van der Waals surface area (Å²) in [6, 6.07) is 8.64. The van der Waals surface area contributed by atoms with E-state index < -0.39 is 6.09 Å². The summed E-state index contributed by atoms with van der Waals surface area (Å²) in [5, 5.41) is 3.23. The van der Waals surface area contributed by atoms with Crippen molar-refractivity contribution in [2.24, 2.45) is 5.73 Å². The van der Waals surface area contributed by atoms with Gasteiger partial charge in [-0.05, 0) is 71.6 Å².